The van der Waals surface area contributed by atoms with Gasteiger partial charge in [-0.15, -0.1) is 0 Å². The van der Waals surface area contributed by atoms with Crippen LogP contribution >= 0.6 is 0 Å². The molecule has 1 aromatic heterocycles. The predicted octanol–water partition coefficient (Wildman–Crippen LogP) is 3.98. The molecule has 3 rings (SSSR count). The fourth-order valence-electron chi connectivity index (χ4n) is 3.57. The summed E-state index contributed by atoms with van der Waals surface area (Å²) >= 11 is 0. The highest BCUT2D eigenvalue weighted by atomic mass is 32.2. The number of anilines is 1. The van der Waals surface area contributed by atoms with Gasteiger partial charge in [-0.25, -0.2) is 13.1 Å². The van der Waals surface area contributed by atoms with Gasteiger partial charge in [-0.1, -0.05) is 30.3 Å². The zero-order valence-corrected chi connectivity index (χ0v) is 18.2. The summed E-state index contributed by atoms with van der Waals surface area (Å²) in [7, 11) is 0.576. The fourth-order valence-corrected chi connectivity index (χ4v) is 4.72. The number of benzene rings is 2. The van der Waals surface area contributed by atoms with Gasteiger partial charge in [-0.2, -0.15) is 5.26 Å². The lowest BCUT2D eigenvalue weighted by Gasteiger charge is -2.20. The van der Waals surface area contributed by atoms with Gasteiger partial charge in [0.1, 0.15) is 0 Å². The van der Waals surface area contributed by atoms with Crippen LogP contribution in [0, 0.1) is 11.3 Å². The minimum atomic E-state index is -3.41. The van der Waals surface area contributed by atoms with E-state index in [-0.39, 0.29) is 18.2 Å². The van der Waals surface area contributed by atoms with E-state index in [1.54, 1.807) is 0 Å². The Balaban J connectivity index is 1.86. The molecular weight excluding hydrogens is 396 g/mol. The summed E-state index contributed by atoms with van der Waals surface area (Å²) in [5.74, 6) is -0.0827. The molecule has 1 heterocycles. The molecule has 0 bridgehead atoms. The Morgan fingerprint density at radius 1 is 1.10 bits per heavy atom. The maximum Gasteiger partial charge on any atom is 0.211 e. The van der Waals surface area contributed by atoms with Gasteiger partial charge < -0.3 is 9.88 Å². The highest BCUT2D eigenvalue weighted by molar-refractivity contribution is 7.89. The first-order chi connectivity index (χ1) is 14.4. The molecule has 0 fully saturated rings. The van der Waals surface area contributed by atoms with Gasteiger partial charge in [0.15, 0.2) is 0 Å². The van der Waals surface area contributed by atoms with E-state index in [4.69, 9.17) is 5.26 Å². The van der Waals surface area contributed by atoms with E-state index in [1.165, 1.54) is 0 Å². The van der Waals surface area contributed by atoms with Crippen molar-refractivity contribution in [1.29, 1.82) is 5.26 Å². The molecule has 0 saturated carbocycles. The molecule has 158 valence electrons. The van der Waals surface area contributed by atoms with Crippen molar-refractivity contribution < 1.29 is 8.42 Å². The minimum absolute atomic E-state index is 0.0366. The monoisotopic (exact) mass is 424 g/mol. The van der Waals surface area contributed by atoms with Gasteiger partial charge in [0, 0.05) is 55.8 Å². The molecule has 0 amide bonds. The number of unbranched alkanes of at least 4 members (excludes halogenated alkanes) is 2. The summed E-state index contributed by atoms with van der Waals surface area (Å²) in [6.07, 6.45) is 3.43. The Morgan fingerprint density at radius 3 is 2.53 bits per heavy atom. The van der Waals surface area contributed by atoms with Gasteiger partial charge in [0.2, 0.25) is 10.0 Å². The summed E-state index contributed by atoms with van der Waals surface area (Å²) < 4.78 is 27.8. The fraction of sp³-hybridized carbons (Fsp3) is 0.348. The van der Waals surface area contributed by atoms with E-state index in [2.05, 4.69) is 34.0 Å². The number of sulfonamides is 1. The predicted molar refractivity (Wildman–Crippen MR) is 122 cm³/mol. The summed E-state index contributed by atoms with van der Waals surface area (Å²) in [5, 5.41) is 9.71. The number of nitrogens with zero attached hydrogens (tertiary/aromatic N) is 2. The average Bonchev–Trinajstić information content (AvgIpc) is 3.16. The number of nitriles is 1. The quantitative estimate of drug-likeness (QED) is 0.482. The van der Waals surface area contributed by atoms with Crippen molar-refractivity contribution >= 4 is 26.6 Å². The second-order valence-corrected chi connectivity index (χ2v) is 9.54. The zero-order chi connectivity index (χ0) is 21.6. The Kier molecular flexibility index (Phi) is 7.14. The lowest BCUT2D eigenvalue weighted by atomic mass is 9.91. The Labute approximate surface area is 178 Å². The molecule has 0 radical (unpaired) electrons. The molecule has 30 heavy (non-hydrogen) atoms. The van der Waals surface area contributed by atoms with E-state index in [9.17, 15) is 8.42 Å². The largest absolute Gasteiger partial charge is 0.378 e. The van der Waals surface area contributed by atoms with Crippen LogP contribution in [0.25, 0.3) is 10.9 Å². The highest BCUT2D eigenvalue weighted by Crippen LogP contribution is 2.31. The summed E-state index contributed by atoms with van der Waals surface area (Å²) in [5.41, 5.74) is 4.24. The first-order valence-corrected chi connectivity index (χ1v) is 11.7. The third kappa shape index (κ3) is 5.41. The number of hydrogen-bond donors (Lipinski definition) is 2. The van der Waals surface area contributed by atoms with E-state index in [0.29, 0.717) is 19.3 Å². The molecule has 3 aromatic rings. The van der Waals surface area contributed by atoms with Crippen molar-refractivity contribution in [2.75, 3.05) is 31.3 Å². The van der Waals surface area contributed by atoms with Crippen LogP contribution in [0.5, 0.6) is 0 Å². The van der Waals surface area contributed by atoms with Crippen LogP contribution in [0.4, 0.5) is 5.69 Å². The highest BCUT2D eigenvalue weighted by Gasteiger charge is 2.21. The van der Waals surface area contributed by atoms with Gasteiger partial charge in [-0.3, -0.25) is 0 Å². The number of para-hydroxylation sites is 1. The van der Waals surface area contributed by atoms with Crippen molar-refractivity contribution in [1.82, 2.24) is 9.71 Å². The van der Waals surface area contributed by atoms with Crippen LogP contribution in [-0.2, 0) is 10.0 Å². The van der Waals surface area contributed by atoms with Crippen molar-refractivity contribution in [2.24, 2.45) is 0 Å². The van der Waals surface area contributed by atoms with Crippen molar-refractivity contribution in [3.05, 3.63) is 65.9 Å². The van der Waals surface area contributed by atoms with E-state index in [1.807, 2.05) is 55.5 Å². The molecule has 0 aliphatic heterocycles. The van der Waals surface area contributed by atoms with E-state index < -0.39 is 10.0 Å². The average molecular weight is 425 g/mol. The first kappa shape index (κ1) is 21.9. The molecule has 0 aliphatic carbocycles. The summed E-state index contributed by atoms with van der Waals surface area (Å²) in [4.78, 5) is 5.33. The third-order valence-corrected chi connectivity index (χ3v) is 6.70. The number of hydrogen-bond acceptors (Lipinski definition) is 4. The maximum atomic E-state index is 12.5. The number of nitrogens with one attached hydrogen (secondary N) is 2. The summed E-state index contributed by atoms with van der Waals surface area (Å²) in [6.45, 7) is 0.281. The molecule has 1 unspecified atom stereocenters. The lowest BCUT2D eigenvalue weighted by Crippen LogP contribution is -2.31. The van der Waals surface area contributed by atoms with Gasteiger partial charge >= 0.3 is 0 Å². The molecule has 0 spiro atoms. The van der Waals surface area contributed by atoms with Crippen LogP contribution in [0.1, 0.15) is 36.3 Å². The smallest absolute Gasteiger partial charge is 0.211 e. The number of rotatable bonds is 10. The Hall–Kier alpha value is -2.82. The van der Waals surface area contributed by atoms with Crippen molar-refractivity contribution in [2.45, 2.75) is 25.2 Å². The van der Waals surface area contributed by atoms with Crippen LogP contribution in [0.3, 0.4) is 0 Å². The van der Waals surface area contributed by atoms with Gasteiger partial charge in [0.05, 0.1) is 11.8 Å². The van der Waals surface area contributed by atoms with E-state index >= 15 is 0 Å². The van der Waals surface area contributed by atoms with Crippen LogP contribution < -0.4 is 9.62 Å². The zero-order valence-electron chi connectivity index (χ0n) is 17.4. The number of aromatic nitrogens is 1. The SMILES string of the molecule is CN(C)c1ccc(C(CNS(=O)(=O)CCCCC#N)c2c[nH]c3ccccc23)cc1. The molecule has 0 saturated heterocycles. The van der Waals surface area contributed by atoms with Gasteiger partial charge in [0.25, 0.3) is 0 Å². The van der Waals surface area contributed by atoms with Crippen molar-refractivity contribution in [3.8, 4) is 6.07 Å². The van der Waals surface area contributed by atoms with Crippen LogP contribution in [0.2, 0.25) is 0 Å². The molecule has 1 atom stereocenters. The lowest BCUT2D eigenvalue weighted by molar-refractivity contribution is 0.573. The Bertz CT molecular complexity index is 1110. The normalized spacial score (nSPS) is 12.6. The minimum Gasteiger partial charge on any atom is -0.378 e. The van der Waals surface area contributed by atoms with Crippen LogP contribution in [0.15, 0.2) is 54.7 Å². The molecule has 2 N–H and O–H groups in total. The van der Waals surface area contributed by atoms with Gasteiger partial charge in [-0.05, 0) is 42.2 Å². The van der Waals surface area contributed by atoms with Crippen molar-refractivity contribution in [3.63, 3.8) is 0 Å². The first-order valence-electron chi connectivity index (χ1n) is 10.1. The third-order valence-electron chi connectivity index (χ3n) is 5.27. The molecule has 7 heteroatoms. The Morgan fingerprint density at radius 2 is 1.83 bits per heavy atom. The number of H-pyrrole nitrogens is 1. The number of fused-ring (bicyclic) bond motifs is 1. The molecule has 0 aliphatic rings. The number of aromatic amines is 1. The second-order valence-electron chi connectivity index (χ2n) is 7.61. The second kappa shape index (κ2) is 9.79. The maximum absolute atomic E-state index is 12.5. The van der Waals surface area contributed by atoms with E-state index in [0.717, 1.165) is 27.7 Å². The van der Waals surface area contributed by atoms with Crippen LogP contribution in [-0.4, -0.2) is 39.8 Å². The standard InChI is InChI=1S/C23H28N4O2S/c1-27(2)19-12-10-18(11-13-19)21(17-26-30(28,29)15-7-3-6-14-24)22-16-25-23-9-5-4-8-20(22)23/h4-5,8-13,16,21,25-26H,3,6-7,15,17H2,1-2H3. The summed E-state index contributed by atoms with van der Waals surface area (Å²) in [6, 6.07) is 18.3. The molecular formula is C23H28N4O2S. The molecule has 6 nitrogen and oxygen atoms in total. The topological polar surface area (TPSA) is 89.0 Å². The molecule has 2 aromatic carbocycles.